The lowest BCUT2D eigenvalue weighted by Crippen LogP contribution is -2.18. The molecule has 1 atom stereocenters. The summed E-state index contributed by atoms with van der Waals surface area (Å²) >= 11 is 0. The van der Waals surface area contributed by atoms with Crippen LogP contribution >= 0.6 is 0 Å². The lowest BCUT2D eigenvalue weighted by molar-refractivity contribution is 0.410. The summed E-state index contributed by atoms with van der Waals surface area (Å²) in [7, 11) is 3.67. The van der Waals surface area contributed by atoms with Gasteiger partial charge < -0.3 is 19.8 Å². The van der Waals surface area contributed by atoms with Crippen LogP contribution in [0.25, 0.3) is 10.9 Å². The number of methoxy groups -OCH3 is 1. The molecule has 1 heterocycles. The Morgan fingerprint density at radius 3 is 2.35 bits per heavy atom. The lowest BCUT2D eigenvalue weighted by Gasteiger charge is -2.12. The van der Waals surface area contributed by atoms with Gasteiger partial charge in [0.05, 0.1) is 12.6 Å². The molecule has 0 bridgehead atoms. The molecule has 0 saturated heterocycles. The Hall–Kier alpha value is -2.46. The van der Waals surface area contributed by atoms with Crippen molar-refractivity contribution in [1.29, 1.82) is 0 Å². The molecular formula is C19H22N2O2. The number of rotatable bonds is 5. The van der Waals surface area contributed by atoms with Gasteiger partial charge in [0.1, 0.15) is 11.5 Å². The molecule has 0 amide bonds. The van der Waals surface area contributed by atoms with E-state index in [0.717, 1.165) is 34.9 Å². The highest BCUT2D eigenvalue weighted by atomic mass is 16.5. The van der Waals surface area contributed by atoms with Gasteiger partial charge in [-0.25, -0.2) is 0 Å². The van der Waals surface area contributed by atoms with E-state index in [1.54, 1.807) is 7.11 Å². The van der Waals surface area contributed by atoms with E-state index in [1.165, 1.54) is 5.39 Å². The van der Waals surface area contributed by atoms with Crippen molar-refractivity contribution in [2.24, 2.45) is 12.8 Å². The van der Waals surface area contributed by atoms with Crippen molar-refractivity contribution < 1.29 is 9.47 Å². The third-order valence-electron chi connectivity index (χ3n) is 3.95. The second-order valence-electron chi connectivity index (χ2n) is 5.82. The second kappa shape index (κ2) is 6.34. The molecule has 3 aromatic rings. The molecule has 1 unspecified atom stereocenters. The summed E-state index contributed by atoms with van der Waals surface area (Å²) in [5.74, 6) is 2.43. The van der Waals surface area contributed by atoms with E-state index >= 15 is 0 Å². The summed E-state index contributed by atoms with van der Waals surface area (Å²) in [6, 6.07) is 16.0. The molecule has 4 nitrogen and oxygen atoms in total. The van der Waals surface area contributed by atoms with Crippen LogP contribution in [0.15, 0.2) is 48.5 Å². The minimum atomic E-state index is 0.0685. The Morgan fingerprint density at radius 2 is 1.70 bits per heavy atom. The van der Waals surface area contributed by atoms with Gasteiger partial charge in [0, 0.05) is 24.0 Å². The molecule has 1 aromatic heterocycles. The van der Waals surface area contributed by atoms with Crippen LogP contribution in [0.3, 0.4) is 0 Å². The summed E-state index contributed by atoms with van der Waals surface area (Å²) < 4.78 is 13.4. The minimum Gasteiger partial charge on any atom is -0.497 e. The van der Waals surface area contributed by atoms with Gasteiger partial charge in [-0.1, -0.05) is 18.2 Å². The molecule has 0 aliphatic heterocycles. The third kappa shape index (κ3) is 3.03. The van der Waals surface area contributed by atoms with Crippen molar-refractivity contribution in [1.82, 2.24) is 4.57 Å². The van der Waals surface area contributed by atoms with Gasteiger partial charge in [-0.3, -0.25) is 0 Å². The highest BCUT2D eigenvalue weighted by Crippen LogP contribution is 2.35. The van der Waals surface area contributed by atoms with E-state index in [4.69, 9.17) is 15.2 Å². The molecule has 4 heteroatoms. The molecule has 120 valence electrons. The van der Waals surface area contributed by atoms with E-state index in [2.05, 4.69) is 16.7 Å². The smallest absolute Gasteiger partial charge is 0.204 e. The van der Waals surface area contributed by atoms with Crippen LogP contribution < -0.4 is 15.2 Å². The number of fused-ring (bicyclic) bond motifs is 1. The minimum absolute atomic E-state index is 0.0685. The standard InChI is InChI=1S/C19H22N2O2/c1-13(20)12-17-16-6-4-5-7-18(16)21(2)19(17)23-15-10-8-14(22-3)9-11-15/h4-11,13H,12,20H2,1-3H3. The monoisotopic (exact) mass is 310 g/mol. The normalized spacial score (nSPS) is 12.3. The van der Waals surface area contributed by atoms with Crippen LogP contribution in [-0.2, 0) is 13.5 Å². The largest absolute Gasteiger partial charge is 0.497 e. The first kappa shape index (κ1) is 15.4. The molecule has 0 radical (unpaired) electrons. The van der Waals surface area contributed by atoms with E-state index in [0.29, 0.717) is 0 Å². The summed E-state index contributed by atoms with van der Waals surface area (Å²) in [5.41, 5.74) is 8.34. The number of aromatic nitrogens is 1. The lowest BCUT2D eigenvalue weighted by atomic mass is 10.1. The Balaban J connectivity index is 2.05. The summed E-state index contributed by atoms with van der Waals surface area (Å²) in [4.78, 5) is 0. The average Bonchev–Trinajstić information content (AvgIpc) is 2.81. The van der Waals surface area contributed by atoms with Crippen LogP contribution in [0.1, 0.15) is 12.5 Å². The average molecular weight is 310 g/mol. The molecule has 0 fully saturated rings. The highest BCUT2D eigenvalue weighted by molar-refractivity contribution is 5.87. The summed E-state index contributed by atoms with van der Waals surface area (Å²) in [5, 5.41) is 1.19. The fourth-order valence-electron chi connectivity index (χ4n) is 2.85. The first-order valence-corrected chi connectivity index (χ1v) is 7.74. The Morgan fingerprint density at radius 1 is 1.04 bits per heavy atom. The maximum Gasteiger partial charge on any atom is 0.204 e. The number of hydrogen-bond donors (Lipinski definition) is 1. The Kier molecular flexibility index (Phi) is 4.26. The molecule has 23 heavy (non-hydrogen) atoms. The SMILES string of the molecule is COc1ccc(Oc2c(CC(C)N)c3ccccc3n2C)cc1. The van der Waals surface area contributed by atoms with Gasteiger partial charge in [-0.15, -0.1) is 0 Å². The number of benzene rings is 2. The molecule has 2 aromatic carbocycles. The Bertz CT molecular complexity index is 804. The summed E-state index contributed by atoms with van der Waals surface area (Å²) in [6.45, 7) is 2.01. The maximum atomic E-state index is 6.18. The van der Waals surface area contributed by atoms with E-state index in [-0.39, 0.29) is 6.04 Å². The number of para-hydroxylation sites is 1. The first-order valence-electron chi connectivity index (χ1n) is 7.74. The number of nitrogens with two attached hydrogens (primary N) is 1. The quantitative estimate of drug-likeness (QED) is 0.778. The maximum absolute atomic E-state index is 6.18. The fraction of sp³-hybridized carbons (Fsp3) is 0.263. The highest BCUT2D eigenvalue weighted by Gasteiger charge is 2.18. The molecular weight excluding hydrogens is 288 g/mol. The van der Waals surface area contributed by atoms with Gasteiger partial charge >= 0.3 is 0 Å². The van der Waals surface area contributed by atoms with Crippen LogP contribution in [0.5, 0.6) is 17.4 Å². The van der Waals surface area contributed by atoms with Gasteiger partial charge in [0.2, 0.25) is 5.88 Å². The van der Waals surface area contributed by atoms with Crippen molar-refractivity contribution in [2.45, 2.75) is 19.4 Å². The predicted octanol–water partition coefficient (Wildman–Crippen LogP) is 3.87. The second-order valence-corrected chi connectivity index (χ2v) is 5.82. The van der Waals surface area contributed by atoms with Gasteiger partial charge in [-0.2, -0.15) is 0 Å². The molecule has 3 rings (SSSR count). The van der Waals surface area contributed by atoms with E-state index in [1.807, 2.05) is 50.4 Å². The molecule has 0 aliphatic rings. The molecule has 0 aliphatic carbocycles. The number of ether oxygens (including phenoxy) is 2. The third-order valence-corrected chi connectivity index (χ3v) is 3.95. The van der Waals surface area contributed by atoms with Gasteiger partial charge in [0.15, 0.2) is 0 Å². The summed E-state index contributed by atoms with van der Waals surface area (Å²) in [6.07, 6.45) is 0.771. The number of nitrogens with zero attached hydrogens (tertiary/aromatic N) is 1. The zero-order chi connectivity index (χ0) is 16.4. The van der Waals surface area contributed by atoms with Crippen molar-refractivity contribution in [2.75, 3.05) is 7.11 Å². The zero-order valence-corrected chi connectivity index (χ0v) is 13.7. The van der Waals surface area contributed by atoms with Crippen molar-refractivity contribution >= 4 is 10.9 Å². The number of aryl methyl sites for hydroxylation is 1. The number of hydrogen-bond acceptors (Lipinski definition) is 3. The van der Waals surface area contributed by atoms with Crippen LogP contribution in [0, 0.1) is 0 Å². The van der Waals surface area contributed by atoms with Crippen LogP contribution in [0.4, 0.5) is 0 Å². The van der Waals surface area contributed by atoms with E-state index < -0.39 is 0 Å². The first-order chi connectivity index (χ1) is 11.1. The Labute approximate surface area is 136 Å². The van der Waals surface area contributed by atoms with Crippen molar-refractivity contribution in [3.05, 3.63) is 54.1 Å². The molecule has 2 N–H and O–H groups in total. The van der Waals surface area contributed by atoms with Crippen molar-refractivity contribution in [3.63, 3.8) is 0 Å². The predicted molar refractivity (Wildman–Crippen MR) is 93.3 cm³/mol. The van der Waals surface area contributed by atoms with Gasteiger partial charge in [0.25, 0.3) is 0 Å². The zero-order valence-electron chi connectivity index (χ0n) is 13.7. The fourth-order valence-corrected chi connectivity index (χ4v) is 2.85. The van der Waals surface area contributed by atoms with Crippen LogP contribution in [-0.4, -0.2) is 17.7 Å². The van der Waals surface area contributed by atoms with E-state index in [9.17, 15) is 0 Å². The topological polar surface area (TPSA) is 49.4 Å². The molecule has 0 saturated carbocycles. The molecule has 0 spiro atoms. The van der Waals surface area contributed by atoms with Crippen LogP contribution in [0.2, 0.25) is 0 Å². The van der Waals surface area contributed by atoms with Crippen molar-refractivity contribution in [3.8, 4) is 17.4 Å². The van der Waals surface area contributed by atoms with Gasteiger partial charge in [-0.05, 0) is 43.7 Å².